The Bertz CT molecular complexity index is 696. The summed E-state index contributed by atoms with van der Waals surface area (Å²) in [6.45, 7) is 0. The van der Waals surface area contributed by atoms with Crippen LogP contribution in [-0.2, 0) is 0 Å². The van der Waals surface area contributed by atoms with Crippen molar-refractivity contribution in [1.82, 2.24) is 4.98 Å². The molecule has 1 nitrogen and oxygen atoms in total. The Kier molecular flexibility index (Phi) is 5.60. The van der Waals surface area contributed by atoms with E-state index in [1.807, 2.05) is 24.3 Å². The third kappa shape index (κ3) is 4.60. The molecule has 0 atom stereocenters. The Morgan fingerprint density at radius 3 is 1.41 bits per heavy atom. The van der Waals surface area contributed by atoms with Crippen molar-refractivity contribution >= 4 is 71.2 Å². The molecule has 2 aromatic carbocycles. The first-order chi connectivity index (χ1) is 10.7. The fourth-order valence-corrected chi connectivity index (χ4v) is 5.68. The molecule has 0 saturated heterocycles. The van der Waals surface area contributed by atoms with Crippen LogP contribution >= 0.6 is 23.2 Å². The van der Waals surface area contributed by atoms with Crippen LogP contribution in [0.1, 0.15) is 0 Å². The Morgan fingerprint density at radius 2 is 1.00 bits per heavy atom. The van der Waals surface area contributed by atoms with E-state index in [9.17, 15) is 0 Å². The van der Waals surface area contributed by atoms with Gasteiger partial charge < -0.3 is 0 Å². The van der Waals surface area contributed by atoms with E-state index in [-0.39, 0.29) is 29.9 Å². The number of nitrogens with zero attached hydrogens (tertiary/aromatic N) is 1. The average molecular weight is 458 g/mol. The molecule has 0 saturated carbocycles. The van der Waals surface area contributed by atoms with Crippen LogP contribution in [0.4, 0.5) is 0 Å². The van der Waals surface area contributed by atoms with Crippen molar-refractivity contribution in [2.24, 2.45) is 0 Å². The molecule has 22 heavy (non-hydrogen) atoms. The Hall–Kier alpha value is -0.791. The van der Waals surface area contributed by atoms with E-state index < -0.39 is 0 Å². The second-order valence-corrected chi connectivity index (χ2v) is 9.89. The molecule has 3 rings (SSSR count). The van der Waals surface area contributed by atoms with Crippen molar-refractivity contribution in [3.63, 3.8) is 0 Å². The van der Waals surface area contributed by atoms with Crippen molar-refractivity contribution in [2.45, 2.75) is 0 Å². The molecule has 1 heterocycles. The molecule has 110 valence electrons. The quantitative estimate of drug-likeness (QED) is 0.543. The zero-order valence-electron chi connectivity index (χ0n) is 11.4. The van der Waals surface area contributed by atoms with E-state index in [1.54, 1.807) is 0 Å². The van der Waals surface area contributed by atoms with Crippen molar-refractivity contribution in [3.05, 3.63) is 76.8 Å². The molecule has 0 N–H and O–H groups in total. The molecule has 3 aromatic rings. The number of rotatable bonds is 4. The van der Waals surface area contributed by atoms with Gasteiger partial charge in [0.15, 0.2) is 0 Å². The summed E-state index contributed by atoms with van der Waals surface area (Å²) < 4.78 is 4.84. The molecular weight excluding hydrogens is 447 g/mol. The van der Waals surface area contributed by atoms with E-state index in [0.717, 1.165) is 19.2 Å². The summed E-state index contributed by atoms with van der Waals surface area (Å²) in [5, 5.41) is 1.54. The molecule has 1 aromatic heterocycles. The van der Waals surface area contributed by atoms with Gasteiger partial charge in [-0.05, 0) is 0 Å². The van der Waals surface area contributed by atoms with Crippen LogP contribution in [0.3, 0.4) is 0 Å². The van der Waals surface area contributed by atoms with Crippen LogP contribution < -0.4 is 18.1 Å². The topological polar surface area (TPSA) is 12.9 Å². The second-order valence-electron chi connectivity index (χ2n) is 4.43. The molecule has 0 amide bonds. The first-order valence-corrected chi connectivity index (χ1v) is 10.7. The van der Waals surface area contributed by atoms with Gasteiger partial charge in [0.05, 0.1) is 0 Å². The van der Waals surface area contributed by atoms with E-state index in [0.29, 0.717) is 0 Å². The number of aromatic nitrogens is 1. The summed E-state index contributed by atoms with van der Waals surface area (Å²) in [5.41, 5.74) is 0. The normalized spacial score (nSPS) is 10.6. The minimum absolute atomic E-state index is 0.205. The molecule has 0 aliphatic heterocycles. The van der Waals surface area contributed by atoms with Crippen molar-refractivity contribution < 1.29 is 0 Å². The zero-order chi connectivity index (χ0) is 15.4. The summed E-state index contributed by atoms with van der Waals surface area (Å²) in [7, 11) is 0. The molecule has 0 fully saturated rings. The Labute approximate surface area is 152 Å². The van der Waals surface area contributed by atoms with Gasteiger partial charge in [0.1, 0.15) is 0 Å². The van der Waals surface area contributed by atoms with Crippen molar-refractivity contribution in [2.75, 3.05) is 0 Å². The van der Waals surface area contributed by atoms with Crippen LogP contribution in [0, 0.1) is 0 Å². The monoisotopic (exact) mass is 459 g/mol. The number of halogens is 2. The molecule has 0 unspecified atom stereocenters. The molecule has 0 aliphatic rings. The minimum atomic E-state index is 0.205. The summed E-state index contributed by atoms with van der Waals surface area (Å²) in [5.74, 6) is 0. The summed E-state index contributed by atoms with van der Waals surface area (Å²) in [6, 6.07) is 22.3. The van der Waals surface area contributed by atoms with Gasteiger partial charge >= 0.3 is 153 Å². The van der Waals surface area contributed by atoms with Gasteiger partial charge in [-0.2, -0.15) is 0 Å². The predicted molar refractivity (Wildman–Crippen MR) is 97.2 cm³/mol. The first-order valence-electron chi connectivity index (χ1n) is 6.53. The summed E-state index contributed by atoms with van der Waals surface area (Å²) in [6.07, 6.45) is 0. The van der Waals surface area contributed by atoms with Gasteiger partial charge in [-0.1, -0.05) is 0 Å². The number of hydrogen-bond donors (Lipinski definition) is 0. The maximum absolute atomic E-state index is 5.93. The van der Waals surface area contributed by atoms with Gasteiger partial charge in [0.25, 0.3) is 0 Å². The third-order valence-corrected chi connectivity index (χ3v) is 7.24. The third-order valence-electron chi connectivity index (χ3n) is 2.77. The standard InChI is InChI=1S/C17H11Cl2NSe2/c18-12-4-8-14(9-5-12)21-16-2-1-3-17(20-16)22-15-10-6-13(19)7-11-15/h1-11H. The van der Waals surface area contributed by atoms with Gasteiger partial charge in [0.2, 0.25) is 0 Å². The Balaban J connectivity index is 1.74. The second kappa shape index (κ2) is 7.66. The van der Waals surface area contributed by atoms with Gasteiger partial charge in [-0.15, -0.1) is 0 Å². The summed E-state index contributed by atoms with van der Waals surface area (Å²) in [4.78, 5) is 4.80. The fraction of sp³-hybridized carbons (Fsp3) is 0. The van der Waals surface area contributed by atoms with E-state index >= 15 is 0 Å². The van der Waals surface area contributed by atoms with Crippen molar-refractivity contribution in [3.8, 4) is 0 Å². The van der Waals surface area contributed by atoms with E-state index in [1.165, 1.54) is 8.92 Å². The van der Waals surface area contributed by atoms with Crippen LogP contribution in [0.15, 0.2) is 66.7 Å². The Morgan fingerprint density at radius 1 is 0.591 bits per heavy atom. The van der Waals surface area contributed by atoms with Gasteiger partial charge in [0, 0.05) is 0 Å². The van der Waals surface area contributed by atoms with Gasteiger partial charge in [-0.3, -0.25) is 0 Å². The molecule has 0 aliphatic carbocycles. The fourth-order valence-electron chi connectivity index (χ4n) is 1.76. The maximum atomic E-state index is 5.93. The van der Waals surface area contributed by atoms with Crippen molar-refractivity contribution in [1.29, 1.82) is 0 Å². The zero-order valence-corrected chi connectivity index (χ0v) is 16.3. The first kappa shape index (κ1) is 16.1. The van der Waals surface area contributed by atoms with Gasteiger partial charge in [-0.25, -0.2) is 0 Å². The van der Waals surface area contributed by atoms with E-state index in [2.05, 4.69) is 42.5 Å². The SMILES string of the molecule is Clc1ccc([Se]c2cccc([Se]c3ccc(Cl)cc3)n2)cc1. The predicted octanol–water partition coefficient (Wildman–Crippen LogP) is 1.70. The number of pyridine rings is 1. The van der Waals surface area contributed by atoms with Crippen LogP contribution in [-0.4, -0.2) is 34.9 Å². The number of hydrogen-bond acceptors (Lipinski definition) is 1. The molecule has 0 bridgehead atoms. The van der Waals surface area contributed by atoms with Crippen LogP contribution in [0.2, 0.25) is 10.0 Å². The molecule has 0 spiro atoms. The number of benzene rings is 2. The molecule has 0 radical (unpaired) electrons. The van der Waals surface area contributed by atoms with Crippen LogP contribution in [0.25, 0.3) is 0 Å². The van der Waals surface area contributed by atoms with Crippen LogP contribution in [0.5, 0.6) is 0 Å². The summed E-state index contributed by atoms with van der Waals surface area (Å²) >= 11 is 12.3. The molecular formula is C17H11Cl2NSe2. The van der Waals surface area contributed by atoms with E-state index in [4.69, 9.17) is 28.2 Å². The molecule has 5 heteroatoms. The average Bonchev–Trinajstić information content (AvgIpc) is 2.52.